The normalized spacial score (nSPS) is 17.8. The van der Waals surface area contributed by atoms with Gasteiger partial charge in [0.25, 0.3) is 0 Å². The molecule has 1 fully saturated rings. The molecule has 114 valence electrons. The van der Waals surface area contributed by atoms with Crippen LogP contribution in [0.5, 0.6) is 0 Å². The van der Waals surface area contributed by atoms with Crippen molar-refractivity contribution >= 4 is 34.0 Å². The van der Waals surface area contributed by atoms with E-state index in [1.54, 1.807) is 0 Å². The van der Waals surface area contributed by atoms with Crippen molar-refractivity contribution in [3.05, 3.63) is 29.0 Å². The van der Waals surface area contributed by atoms with Gasteiger partial charge in [0.1, 0.15) is 10.7 Å². The zero-order valence-corrected chi connectivity index (χ0v) is 13.4. The Bertz CT molecular complexity index is 561. The zero-order chi connectivity index (χ0) is 14.0. The first-order chi connectivity index (χ1) is 8.95. The molecule has 2 rings (SSSR count). The van der Waals surface area contributed by atoms with Crippen LogP contribution in [0, 0.1) is 5.82 Å². The molecule has 1 saturated heterocycles. The third-order valence-corrected chi connectivity index (χ3v) is 5.76. The van der Waals surface area contributed by atoms with E-state index in [0.29, 0.717) is 19.1 Å². The molecule has 0 aromatic heterocycles. The number of nitrogens with one attached hydrogen (secondary N) is 1. The lowest BCUT2D eigenvalue weighted by Gasteiger charge is -2.31. The summed E-state index contributed by atoms with van der Waals surface area (Å²) in [5.74, 6) is -0.544. The summed E-state index contributed by atoms with van der Waals surface area (Å²) in [4.78, 5) is -0.0292. The third-order valence-electron chi connectivity index (χ3n) is 3.37. The number of halogens is 3. The molecule has 0 unspecified atom stereocenters. The Morgan fingerprint density at radius 3 is 2.45 bits per heavy atom. The second-order valence-corrected chi connectivity index (χ2v) is 6.86. The molecule has 1 aliphatic rings. The fourth-order valence-corrected chi connectivity index (χ4v) is 4.18. The summed E-state index contributed by atoms with van der Waals surface area (Å²) in [6, 6.07) is 3.69. The number of hydrogen-bond acceptors (Lipinski definition) is 3. The standard InChI is InChI=1S/C12H16ClFN2O2S.ClH/c1-15-10-4-6-16(7-5-10)19(17,18)12-3-2-9(14)8-11(12)13;/h2-3,8,10,15H,4-7H2,1H3;1H. The number of sulfonamides is 1. The zero-order valence-electron chi connectivity index (χ0n) is 11.0. The van der Waals surface area contributed by atoms with Crippen LogP contribution in [0.1, 0.15) is 12.8 Å². The van der Waals surface area contributed by atoms with Gasteiger partial charge in [-0.25, -0.2) is 12.8 Å². The maximum atomic E-state index is 13.0. The molecule has 0 bridgehead atoms. The van der Waals surface area contributed by atoms with E-state index in [1.807, 2.05) is 7.05 Å². The summed E-state index contributed by atoms with van der Waals surface area (Å²) in [6.45, 7) is 0.892. The van der Waals surface area contributed by atoms with Crippen molar-refractivity contribution in [2.75, 3.05) is 20.1 Å². The molecule has 0 saturated carbocycles. The van der Waals surface area contributed by atoms with Crippen LogP contribution in [0.25, 0.3) is 0 Å². The lowest BCUT2D eigenvalue weighted by Crippen LogP contribution is -2.43. The van der Waals surface area contributed by atoms with Crippen LogP contribution < -0.4 is 5.32 Å². The van der Waals surface area contributed by atoms with Gasteiger partial charge in [-0.05, 0) is 38.1 Å². The highest BCUT2D eigenvalue weighted by atomic mass is 35.5. The van der Waals surface area contributed by atoms with E-state index in [0.717, 1.165) is 25.0 Å². The Balaban J connectivity index is 0.00000200. The molecular formula is C12H17Cl2FN2O2S. The first-order valence-corrected chi connectivity index (χ1v) is 7.89. The highest BCUT2D eigenvalue weighted by Crippen LogP contribution is 2.27. The largest absolute Gasteiger partial charge is 0.317 e. The Kier molecular flexibility index (Phi) is 6.22. The van der Waals surface area contributed by atoms with Gasteiger partial charge in [0.05, 0.1) is 5.02 Å². The van der Waals surface area contributed by atoms with Crippen LogP contribution in [0.2, 0.25) is 5.02 Å². The van der Waals surface area contributed by atoms with E-state index in [-0.39, 0.29) is 22.3 Å². The van der Waals surface area contributed by atoms with Crippen molar-refractivity contribution < 1.29 is 12.8 Å². The van der Waals surface area contributed by atoms with Crippen molar-refractivity contribution in [2.45, 2.75) is 23.8 Å². The van der Waals surface area contributed by atoms with E-state index in [9.17, 15) is 12.8 Å². The lowest BCUT2D eigenvalue weighted by atomic mass is 10.1. The summed E-state index contributed by atoms with van der Waals surface area (Å²) >= 11 is 5.83. The van der Waals surface area contributed by atoms with E-state index in [2.05, 4.69) is 5.32 Å². The monoisotopic (exact) mass is 342 g/mol. The summed E-state index contributed by atoms with van der Waals surface area (Å²) in [5.41, 5.74) is 0. The van der Waals surface area contributed by atoms with Crippen LogP contribution in [0.4, 0.5) is 4.39 Å². The molecule has 1 aliphatic heterocycles. The molecule has 4 nitrogen and oxygen atoms in total. The van der Waals surface area contributed by atoms with Crippen LogP contribution in [-0.4, -0.2) is 38.9 Å². The van der Waals surface area contributed by atoms with Gasteiger partial charge in [-0.15, -0.1) is 12.4 Å². The molecule has 1 aromatic carbocycles. The molecule has 1 heterocycles. The molecule has 0 amide bonds. The fraction of sp³-hybridized carbons (Fsp3) is 0.500. The minimum Gasteiger partial charge on any atom is -0.317 e. The molecule has 0 aliphatic carbocycles. The SMILES string of the molecule is CNC1CCN(S(=O)(=O)c2ccc(F)cc2Cl)CC1.Cl. The van der Waals surface area contributed by atoms with Crippen LogP contribution in [0.3, 0.4) is 0 Å². The number of nitrogens with zero attached hydrogens (tertiary/aromatic N) is 1. The first-order valence-electron chi connectivity index (χ1n) is 6.07. The smallest absolute Gasteiger partial charge is 0.244 e. The minimum atomic E-state index is -3.63. The van der Waals surface area contributed by atoms with Crippen molar-refractivity contribution in [3.63, 3.8) is 0 Å². The Morgan fingerprint density at radius 2 is 1.95 bits per heavy atom. The summed E-state index contributed by atoms with van der Waals surface area (Å²) in [6.07, 6.45) is 1.52. The van der Waals surface area contributed by atoms with E-state index in [4.69, 9.17) is 11.6 Å². The Morgan fingerprint density at radius 1 is 1.35 bits per heavy atom. The first kappa shape index (κ1) is 17.7. The highest BCUT2D eigenvalue weighted by molar-refractivity contribution is 7.89. The van der Waals surface area contributed by atoms with E-state index < -0.39 is 15.8 Å². The summed E-state index contributed by atoms with van der Waals surface area (Å²) in [5, 5.41) is 3.06. The molecule has 0 atom stereocenters. The molecular weight excluding hydrogens is 326 g/mol. The van der Waals surface area contributed by atoms with Crippen molar-refractivity contribution in [2.24, 2.45) is 0 Å². The predicted molar refractivity (Wildman–Crippen MR) is 79.5 cm³/mol. The van der Waals surface area contributed by atoms with Crippen molar-refractivity contribution in [1.29, 1.82) is 0 Å². The Labute approximate surface area is 129 Å². The minimum absolute atomic E-state index is 0. The van der Waals surface area contributed by atoms with Gasteiger partial charge in [0.2, 0.25) is 10.0 Å². The van der Waals surface area contributed by atoms with Gasteiger partial charge in [-0.1, -0.05) is 11.6 Å². The lowest BCUT2D eigenvalue weighted by molar-refractivity contribution is 0.298. The summed E-state index contributed by atoms with van der Waals surface area (Å²) < 4.78 is 39.2. The molecule has 20 heavy (non-hydrogen) atoms. The van der Waals surface area contributed by atoms with Gasteiger partial charge in [0, 0.05) is 19.1 Å². The van der Waals surface area contributed by atoms with Gasteiger partial charge in [-0.3, -0.25) is 0 Å². The quantitative estimate of drug-likeness (QED) is 0.916. The maximum Gasteiger partial charge on any atom is 0.244 e. The second-order valence-electron chi connectivity index (χ2n) is 4.54. The maximum absolute atomic E-state index is 13.0. The van der Waals surface area contributed by atoms with E-state index >= 15 is 0 Å². The van der Waals surface area contributed by atoms with Gasteiger partial charge < -0.3 is 5.32 Å². The average molecular weight is 343 g/mol. The molecule has 1 aromatic rings. The summed E-state index contributed by atoms with van der Waals surface area (Å²) in [7, 11) is -1.77. The number of piperidine rings is 1. The number of hydrogen-bond donors (Lipinski definition) is 1. The van der Waals surface area contributed by atoms with Crippen molar-refractivity contribution in [3.8, 4) is 0 Å². The van der Waals surface area contributed by atoms with Crippen LogP contribution >= 0.6 is 24.0 Å². The molecule has 1 N–H and O–H groups in total. The number of benzene rings is 1. The second kappa shape index (κ2) is 7.04. The molecule has 0 radical (unpaired) electrons. The topological polar surface area (TPSA) is 49.4 Å². The van der Waals surface area contributed by atoms with Gasteiger partial charge in [0.15, 0.2) is 0 Å². The third kappa shape index (κ3) is 3.62. The Hall–Kier alpha value is -0.400. The van der Waals surface area contributed by atoms with Gasteiger partial charge in [-0.2, -0.15) is 4.31 Å². The van der Waals surface area contributed by atoms with Crippen LogP contribution in [-0.2, 0) is 10.0 Å². The number of rotatable bonds is 3. The van der Waals surface area contributed by atoms with Crippen molar-refractivity contribution in [1.82, 2.24) is 9.62 Å². The van der Waals surface area contributed by atoms with Crippen LogP contribution in [0.15, 0.2) is 23.1 Å². The van der Waals surface area contributed by atoms with Gasteiger partial charge >= 0.3 is 0 Å². The fourth-order valence-electron chi connectivity index (χ4n) is 2.21. The predicted octanol–water partition coefficient (Wildman–Crippen LogP) is 2.27. The van der Waals surface area contributed by atoms with E-state index in [1.165, 1.54) is 10.4 Å². The molecule has 0 spiro atoms. The average Bonchev–Trinajstić information content (AvgIpc) is 2.38. The molecule has 8 heteroatoms. The highest BCUT2D eigenvalue weighted by Gasteiger charge is 2.30.